The summed E-state index contributed by atoms with van der Waals surface area (Å²) in [5.41, 5.74) is 2.87. The predicted octanol–water partition coefficient (Wildman–Crippen LogP) is 5.52. The molecule has 0 saturated heterocycles. The molecule has 4 rings (SSSR count). The van der Waals surface area contributed by atoms with Crippen LogP contribution in [0.2, 0.25) is 5.02 Å². The number of hydrogen-bond acceptors (Lipinski definition) is 6. The van der Waals surface area contributed by atoms with E-state index in [0.717, 1.165) is 22.0 Å². The number of nitrogens with zero attached hydrogens (tertiary/aromatic N) is 3. The number of aromatic nitrogens is 3. The van der Waals surface area contributed by atoms with Gasteiger partial charge in [0.2, 0.25) is 5.95 Å². The van der Waals surface area contributed by atoms with Crippen molar-refractivity contribution in [1.82, 2.24) is 14.8 Å². The zero-order valence-electron chi connectivity index (χ0n) is 17.6. The largest absolute Gasteiger partial charge is 0.489 e. The maximum atomic E-state index is 13.0. The topological polar surface area (TPSA) is 78.3 Å². The molecule has 0 bridgehead atoms. The molecular formula is C23H22BrClN4O3. The molecule has 0 spiro atoms. The first-order valence-electron chi connectivity index (χ1n) is 10.2. The molecule has 1 aliphatic rings. The number of anilines is 1. The van der Waals surface area contributed by atoms with E-state index in [1.54, 1.807) is 4.68 Å². The number of allylic oxidation sites excluding steroid dienone is 1. The minimum Gasteiger partial charge on any atom is -0.489 e. The molecule has 0 radical (unpaired) electrons. The van der Waals surface area contributed by atoms with E-state index in [1.165, 1.54) is 6.33 Å². The van der Waals surface area contributed by atoms with Gasteiger partial charge in [0.1, 0.15) is 24.7 Å². The van der Waals surface area contributed by atoms with Crippen molar-refractivity contribution >= 4 is 39.4 Å². The van der Waals surface area contributed by atoms with Gasteiger partial charge in [0.05, 0.1) is 12.2 Å². The van der Waals surface area contributed by atoms with Crippen molar-refractivity contribution in [3.8, 4) is 5.75 Å². The highest BCUT2D eigenvalue weighted by Crippen LogP contribution is 2.40. The Labute approximate surface area is 199 Å². The van der Waals surface area contributed by atoms with Crippen molar-refractivity contribution < 1.29 is 14.3 Å². The first-order valence-corrected chi connectivity index (χ1v) is 11.4. The number of hydrogen-bond donors (Lipinski definition) is 1. The third-order valence-electron chi connectivity index (χ3n) is 5.03. The predicted molar refractivity (Wildman–Crippen MR) is 126 cm³/mol. The minimum absolute atomic E-state index is 0.338. The lowest BCUT2D eigenvalue weighted by Crippen LogP contribution is -2.30. The fraction of sp³-hybridized carbons (Fsp3) is 0.261. The van der Waals surface area contributed by atoms with Gasteiger partial charge < -0.3 is 14.8 Å². The molecule has 1 atom stereocenters. The molecule has 1 aromatic heterocycles. The maximum absolute atomic E-state index is 13.0. The van der Waals surface area contributed by atoms with Gasteiger partial charge in [-0.15, -0.1) is 0 Å². The van der Waals surface area contributed by atoms with Crippen LogP contribution in [0.15, 0.2) is 64.5 Å². The van der Waals surface area contributed by atoms with E-state index in [-0.39, 0.29) is 0 Å². The summed E-state index contributed by atoms with van der Waals surface area (Å²) in [6.07, 6.45) is 2.19. The van der Waals surface area contributed by atoms with Gasteiger partial charge in [-0.2, -0.15) is 10.1 Å². The Hall–Kier alpha value is -2.84. The van der Waals surface area contributed by atoms with E-state index in [4.69, 9.17) is 21.1 Å². The second kappa shape index (κ2) is 9.75. The Kier molecular flexibility index (Phi) is 6.81. The Morgan fingerprint density at radius 1 is 1.25 bits per heavy atom. The average molecular weight is 518 g/mol. The lowest BCUT2D eigenvalue weighted by Gasteiger charge is -2.29. The SMILES string of the molecule is CCCOC(=O)C1=C(C)Nc2ncnn2C1c1cc(Br)ccc1OCc1ccc(Cl)cc1. The Balaban J connectivity index is 1.75. The second-order valence-corrected chi connectivity index (χ2v) is 8.68. The number of fused-ring (bicyclic) bond motifs is 1. The lowest BCUT2D eigenvalue weighted by molar-refractivity contribution is -0.139. The molecule has 2 aromatic carbocycles. The van der Waals surface area contributed by atoms with Crippen LogP contribution in [0.1, 0.15) is 37.4 Å². The van der Waals surface area contributed by atoms with Gasteiger partial charge in [0, 0.05) is 20.8 Å². The number of ether oxygens (including phenoxy) is 2. The Morgan fingerprint density at radius 2 is 2.03 bits per heavy atom. The fourth-order valence-electron chi connectivity index (χ4n) is 3.52. The smallest absolute Gasteiger partial charge is 0.338 e. The molecule has 166 valence electrons. The van der Waals surface area contributed by atoms with Crippen LogP contribution in [0.5, 0.6) is 5.75 Å². The van der Waals surface area contributed by atoms with Crippen LogP contribution in [-0.4, -0.2) is 27.3 Å². The Bertz CT molecular complexity index is 1160. The van der Waals surface area contributed by atoms with Gasteiger partial charge in [-0.05, 0) is 49.2 Å². The molecule has 1 N–H and O–H groups in total. The number of halogens is 2. The van der Waals surface area contributed by atoms with Gasteiger partial charge in [-0.3, -0.25) is 0 Å². The first kappa shape index (κ1) is 22.4. The van der Waals surface area contributed by atoms with Crippen LogP contribution in [0.4, 0.5) is 5.95 Å². The number of benzene rings is 2. The number of nitrogens with one attached hydrogen (secondary N) is 1. The van der Waals surface area contributed by atoms with Crippen LogP contribution >= 0.6 is 27.5 Å². The molecule has 0 saturated carbocycles. The van der Waals surface area contributed by atoms with Crippen molar-refractivity contribution in [1.29, 1.82) is 0 Å². The van der Waals surface area contributed by atoms with Gasteiger partial charge in [0.15, 0.2) is 0 Å². The van der Waals surface area contributed by atoms with E-state index in [9.17, 15) is 4.79 Å². The maximum Gasteiger partial charge on any atom is 0.338 e. The molecule has 2 heterocycles. The van der Waals surface area contributed by atoms with Crippen molar-refractivity contribution in [2.45, 2.75) is 32.9 Å². The van der Waals surface area contributed by atoms with Gasteiger partial charge in [-0.1, -0.05) is 46.6 Å². The molecule has 7 nitrogen and oxygen atoms in total. The molecule has 0 fully saturated rings. The van der Waals surface area contributed by atoms with Crippen LogP contribution in [0.3, 0.4) is 0 Å². The summed E-state index contributed by atoms with van der Waals surface area (Å²) in [4.78, 5) is 17.3. The highest BCUT2D eigenvalue weighted by molar-refractivity contribution is 9.10. The first-order chi connectivity index (χ1) is 15.5. The molecule has 1 aliphatic heterocycles. The second-order valence-electron chi connectivity index (χ2n) is 7.33. The monoisotopic (exact) mass is 516 g/mol. The zero-order valence-corrected chi connectivity index (χ0v) is 20.0. The van der Waals surface area contributed by atoms with Crippen LogP contribution in [-0.2, 0) is 16.1 Å². The quantitative estimate of drug-likeness (QED) is 0.416. The van der Waals surface area contributed by atoms with Crippen LogP contribution in [0.25, 0.3) is 0 Å². The summed E-state index contributed by atoms with van der Waals surface area (Å²) in [5.74, 6) is 0.778. The van der Waals surface area contributed by atoms with E-state index in [1.807, 2.05) is 56.3 Å². The highest BCUT2D eigenvalue weighted by atomic mass is 79.9. The molecular weight excluding hydrogens is 496 g/mol. The number of carbonyl (C=O) groups is 1. The Morgan fingerprint density at radius 3 is 2.78 bits per heavy atom. The van der Waals surface area contributed by atoms with E-state index < -0.39 is 12.0 Å². The van der Waals surface area contributed by atoms with Crippen LogP contribution < -0.4 is 10.1 Å². The van der Waals surface area contributed by atoms with Crippen molar-refractivity contribution in [3.63, 3.8) is 0 Å². The number of esters is 1. The molecule has 3 aromatic rings. The summed E-state index contributed by atoms with van der Waals surface area (Å²) in [5, 5.41) is 8.19. The molecule has 9 heteroatoms. The lowest BCUT2D eigenvalue weighted by atomic mass is 9.95. The van der Waals surface area contributed by atoms with E-state index in [0.29, 0.717) is 41.2 Å². The third kappa shape index (κ3) is 4.66. The third-order valence-corrected chi connectivity index (χ3v) is 5.77. The van der Waals surface area contributed by atoms with Crippen LogP contribution in [0, 0.1) is 0 Å². The van der Waals surface area contributed by atoms with Gasteiger partial charge in [0.25, 0.3) is 0 Å². The molecule has 0 amide bonds. The van der Waals surface area contributed by atoms with Gasteiger partial charge >= 0.3 is 5.97 Å². The fourth-order valence-corrected chi connectivity index (χ4v) is 4.03. The molecule has 32 heavy (non-hydrogen) atoms. The average Bonchev–Trinajstić information content (AvgIpc) is 3.24. The standard InChI is InChI=1S/C23H22BrClN4O3/c1-3-10-31-22(30)20-14(2)28-23-26-13-27-29(23)21(20)18-11-16(24)6-9-19(18)32-12-15-4-7-17(25)8-5-15/h4-9,11,13,21H,3,10,12H2,1-2H3,(H,26,27,28). The molecule has 1 unspecified atom stereocenters. The summed E-state index contributed by atoms with van der Waals surface area (Å²) < 4.78 is 14.2. The summed E-state index contributed by atoms with van der Waals surface area (Å²) in [6, 6.07) is 12.6. The summed E-state index contributed by atoms with van der Waals surface area (Å²) >= 11 is 9.54. The van der Waals surface area contributed by atoms with Crippen molar-refractivity contribution in [2.75, 3.05) is 11.9 Å². The van der Waals surface area contributed by atoms with E-state index in [2.05, 4.69) is 31.3 Å². The number of rotatable bonds is 7. The highest BCUT2D eigenvalue weighted by Gasteiger charge is 2.36. The van der Waals surface area contributed by atoms with E-state index >= 15 is 0 Å². The van der Waals surface area contributed by atoms with Crippen molar-refractivity contribution in [3.05, 3.63) is 80.7 Å². The van der Waals surface area contributed by atoms with Crippen molar-refractivity contribution in [2.24, 2.45) is 0 Å². The zero-order chi connectivity index (χ0) is 22.7. The summed E-state index contributed by atoms with van der Waals surface area (Å²) in [6.45, 7) is 4.47. The minimum atomic E-state index is -0.559. The molecule has 0 aliphatic carbocycles. The summed E-state index contributed by atoms with van der Waals surface area (Å²) in [7, 11) is 0. The number of carbonyl (C=O) groups excluding carboxylic acids is 1. The normalized spacial score (nSPS) is 15.2. The van der Waals surface area contributed by atoms with Gasteiger partial charge in [-0.25, -0.2) is 9.48 Å².